The summed E-state index contributed by atoms with van der Waals surface area (Å²) in [6, 6.07) is 7.99. The summed E-state index contributed by atoms with van der Waals surface area (Å²) in [5.41, 5.74) is 1.14. The summed E-state index contributed by atoms with van der Waals surface area (Å²) in [5.74, 6) is 0.707. The van der Waals surface area contributed by atoms with Gasteiger partial charge in [-0.15, -0.1) is 0 Å². The Labute approximate surface area is 119 Å². The number of ether oxygens (including phenoxy) is 1. The standard InChI is InChI=1S/C16H22N2O2/c1-15(2)11-20-14(18-15)12-3-5-13(6-4-12)16(19)7-9-17-10-8-16/h3-6,17,19H,7-11H2,1-2H3. The maximum absolute atomic E-state index is 10.7. The molecule has 20 heavy (non-hydrogen) atoms. The van der Waals surface area contributed by atoms with Gasteiger partial charge in [-0.25, -0.2) is 4.99 Å². The first-order chi connectivity index (χ1) is 9.49. The number of benzene rings is 1. The van der Waals surface area contributed by atoms with Gasteiger partial charge in [-0.3, -0.25) is 0 Å². The van der Waals surface area contributed by atoms with Gasteiger partial charge in [0.25, 0.3) is 0 Å². The van der Waals surface area contributed by atoms with Crippen LogP contribution in [0.5, 0.6) is 0 Å². The van der Waals surface area contributed by atoms with E-state index in [9.17, 15) is 5.11 Å². The lowest BCUT2D eigenvalue weighted by Gasteiger charge is -2.33. The molecule has 0 saturated carbocycles. The van der Waals surface area contributed by atoms with Crippen LogP contribution in [0.4, 0.5) is 0 Å². The monoisotopic (exact) mass is 274 g/mol. The van der Waals surface area contributed by atoms with Gasteiger partial charge in [-0.1, -0.05) is 12.1 Å². The quantitative estimate of drug-likeness (QED) is 0.865. The van der Waals surface area contributed by atoms with E-state index in [0.29, 0.717) is 12.5 Å². The Balaban J connectivity index is 1.81. The van der Waals surface area contributed by atoms with Crippen molar-refractivity contribution in [2.45, 2.75) is 37.8 Å². The average Bonchev–Trinajstić information content (AvgIpc) is 2.80. The summed E-state index contributed by atoms with van der Waals surface area (Å²) in [5, 5.41) is 14.0. The third-order valence-electron chi connectivity index (χ3n) is 4.07. The third-order valence-corrected chi connectivity index (χ3v) is 4.07. The van der Waals surface area contributed by atoms with Crippen molar-refractivity contribution in [2.75, 3.05) is 19.7 Å². The summed E-state index contributed by atoms with van der Waals surface area (Å²) in [4.78, 5) is 4.57. The fraction of sp³-hybridized carbons (Fsp3) is 0.562. The maximum Gasteiger partial charge on any atom is 0.216 e. The number of rotatable bonds is 2. The van der Waals surface area contributed by atoms with E-state index < -0.39 is 5.60 Å². The summed E-state index contributed by atoms with van der Waals surface area (Å²) in [7, 11) is 0. The lowest BCUT2D eigenvalue weighted by molar-refractivity contribution is 0.00593. The molecule has 1 aromatic rings. The highest BCUT2D eigenvalue weighted by Crippen LogP contribution is 2.31. The molecule has 1 fully saturated rings. The first kappa shape index (κ1) is 13.6. The minimum absolute atomic E-state index is 0.138. The molecule has 1 saturated heterocycles. The molecule has 4 heteroatoms. The van der Waals surface area contributed by atoms with Crippen LogP contribution in [0.15, 0.2) is 29.3 Å². The van der Waals surface area contributed by atoms with E-state index in [1.54, 1.807) is 0 Å². The van der Waals surface area contributed by atoms with Crippen LogP contribution in [0.25, 0.3) is 0 Å². The van der Waals surface area contributed by atoms with Crippen molar-refractivity contribution in [3.05, 3.63) is 35.4 Å². The highest BCUT2D eigenvalue weighted by molar-refractivity contribution is 5.95. The van der Waals surface area contributed by atoms with Gasteiger partial charge in [0.1, 0.15) is 6.61 Å². The van der Waals surface area contributed by atoms with E-state index in [0.717, 1.165) is 37.1 Å². The molecule has 0 spiro atoms. The molecule has 3 rings (SSSR count). The predicted molar refractivity (Wildman–Crippen MR) is 79.0 cm³/mol. The Hall–Kier alpha value is -1.39. The second kappa shape index (κ2) is 4.86. The lowest BCUT2D eigenvalue weighted by Crippen LogP contribution is -2.39. The first-order valence-corrected chi connectivity index (χ1v) is 7.25. The smallest absolute Gasteiger partial charge is 0.216 e. The van der Waals surface area contributed by atoms with Crippen molar-refractivity contribution in [3.63, 3.8) is 0 Å². The second-order valence-electron chi connectivity index (χ2n) is 6.38. The lowest BCUT2D eigenvalue weighted by atomic mass is 9.85. The Morgan fingerprint density at radius 1 is 1.15 bits per heavy atom. The number of nitrogens with zero attached hydrogens (tertiary/aromatic N) is 1. The van der Waals surface area contributed by atoms with E-state index in [1.807, 2.05) is 24.3 Å². The largest absolute Gasteiger partial charge is 0.475 e. The van der Waals surface area contributed by atoms with Gasteiger partial charge in [0.15, 0.2) is 0 Å². The minimum Gasteiger partial charge on any atom is -0.475 e. The maximum atomic E-state index is 10.7. The molecule has 2 N–H and O–H groups in total. The molecule has 0 aromatic heterocycles. The van der Waals surface area contributed by atoms with Crippen LogP contribution in [0.1, 0.15) is 37.8 Å². The van der Waals surface area contributed by atoms with Gasteiger partial charge in [0.05, 0.1) is 11.1 Å². The zero-order valence-corrected chi connectivity index (χ0v) is 12.1. The molecule has 0 aliphatic carbocycles. The molecule has 0 amide bonds. The van der Waals surface area contributed by atoms with Crippen molar-refractivity contribution >= 4 is 5.90 Å². The number of aliphatic imine (C=N–C) groups is 1. The molecule has 2 aliphatic heterocycles. The average molecular weight is 274 g/mol. The van der Waals surface area contributed by atoms with E-state index in [-0.39, 0.29) is 5.54 Å². The Bertz CT molecular complexity index is 514. The molecule has 108 valence electrons. The predicted octanol–water partition coefficient (Wildman–Crippen LogP) is 1.81. The van der Waals surface area contributed by atoms with Crippen molar-refractivity contribution in [2.24, 2.45) is 4.99 Å². The summed E-state index contributed by atoms with van der Waals surface area (Å²) < 4.78 is 5.64. The van der Waals surface area contributed by atoms with E-state index in [4.69, 9.17) is 4.74 Å². The van der Waals surface area contributed by atoms with Crippen molar-refractivity contribution < 1.29 is 9.84 Å². The Kier molecular flexibility index (Phi) is 3.30. The second-order valence-corrected chi connectivity index (χ2v) is 6.38. The molecule has 0 atom stereocenters. The van der Waals surface area contributed by atoms with Crippen molar-refractivity contribution in [1.82, 2.24) is 5.32 Å². The number of aliphatic hydroxyl groups is 1. The molecule has 0 radical (unpaired) electrons. The SMILES string of the molecule is CC1(C)COC(c2ccc(C3(O)CCNCC3)cc2)=N1. The van der Waals surface area contributed by atoms with Gasteiger partial charge in [-0.05, 0) is 57.5 Å². The molecule has 2 heterocycles. The van der Waals surface area contributed by atoms with Crippen LogP contribution in [-0.4, -0.2) is 36.2 Å². The fourth-order valence-corrected chi connectivity index (χ4v) is 2.78. The van der Waals surface area contributed by atoms with Gasteiger partial charge >= 0.3 is 0 Å². The van der Waals surface area contributed by atoms with Gasteiger partial charge in [0, 0.05) is 5.56 Å². The van der Waals surface area contributed by atoms with Gasteiger partial charge in [-0.2, -0.15) is 0 Å². The number of hydrogen-bond acceptors (Lipinski definition) is 4. The molecule has 0 bridgehead atoms. The van der Waals surface area contributed by atoms with Crippen molar-refractivity contribution in [1.29, 1.82) is 0 Å². The Morgan fingerprint density at radius 3 is 2.35 bits per heavy atom. The minimum atomic E-state index is -0.693. The van der Waals surface area contributed by atoms with Crippen LogP contribution in [-0.2, 0) is 10.3 Å². The van der Waals surface area contributed by atoms with Crippen LogP contribution >= 0.6 is 0 Å². The van der Waals surface area contributed by atoms with E-state index in [1.165, 1.54) is 0 Å². The molecular formula is C16H22N2O2. The molecular weight excluding hydrogens is 252 g/mol. The number of hydrogen-bond donors (Lipinski definition) is 2. The van der Waals surface area contributed by atoms with Gasteiger partial charge < -0.3 is 15.2 Å². The first-order valence-electron chi connectivity index (χ1n) is 7.25. The zero-order chi connectivity index (χ0) is 14.2. The summed E-state index contributed by atoms with van der Waals surface area (Å²) >= 11 is 0. The van der Waals surface area contributed by atoms with E-state index >= 15 is 0 Å². The molecule has 0 unspecified atom stereocenters. The fourth-order valence-electron chi connectivity index (χ4n) is 2.78. The van der Waals surface area contributed by atoms with E-state index in [2.05, 4.69) is 24.2 Å². The molecule has 4 nitrogen and oxygen atoms in total. The van der Waals surface area contributed by atoms with Crippen molar-refractivity contribution in [3.8, 4) is 0 Å². The number of piperidine rings is 1. The zero-order valence-electron chi connectivity index (χ0n) is 12.1. The summed E-state index contributed by atoms with van der Waals surface area (Å²) in [6.07, 6.45) is 1.52. The van der Waals surface area contributed by atoms with Gasteiger partial charge in [0.2, 0.25) is 5.90 Å². The van der Waals surface area contributed by atoms with Crippen LogP contribution in [0, 0.1) is 0 Å². The number of nitrogens with one attached hydrogen (secondary N) is 1. The third kappa shape index (κ3) is 2.58. The summed E-state index contributed by atoms with van der Waals surface area (Å²) in [6.45, 7) is 6.47. The molecule has 2 aliphatic rings. The topological polar surface area (TPSA) is 53.9 Å². The van der Waals surface area contributed by atoms with Crippen LogP contribution in [0.3, 0.4) is 0 Å². The van der Waals surface area contributed by atoms with Crippen LogP contribution < -0.4 is 5.32 Å². The highest BCUT2D eigenvalue weighted by atomic mass is 16.5. The Morgan fingerprint density at radius 2 is 1.80 bits per heavy atom. The normalized spacial score (nSPS) is 24.1. The molecule has 1 aromatic carbocycles. The van der Waals surface area contributed by atoms with Crippen LogP contribution in [0.2, 0.25) is 0 Å². The highest BCUT2D eigenvalue weighted by Gasteiger charge is 2.31.